The normalized spacial score (nSPS) is 18.9. The molecule has 1 aliphatic carbocycles. The highest BCUT2D eigenvalue weighted by Crippen LogP contribution is 2.33. The third-order valence-electron chi connectivity index (χ3n) is 4.96. The second-order valence-electron chi connectivity index (χ2n) is 6.98. The first-order chi connectivity index (χ1) is 12.9. The van der Waals surface area contributed by atoms with Crippen molar-refractivity contribution in [1.82, 2.24) is 9.62 Å². The molecule has 0 spiro atoms. The number of piperidine rings is 1. The van der Waals surface area contributed by atoms with E-state index in [-0.39, 0.29) is 11.2 Å². The highest BCUT2D eigenvalue weighted by Gasteiger charge is 2.41. The largest absolute Gasteiger partial charge is 0.348 e. The van der Waals surface area contributed by atoms with Gasteiger partial charge in [-0.3, -0.25) is 9.59 Å². The van der Waals surface area contributed by atoms with Gasteiger partial charge in [-0.15, -0.1) is 11.8 Å². The molecule has 1 saturated carbocycles. The molecule has 1 saturated heterocycles. The van der Waals surface area contributed by atoms with E-state index >= 15 is 0 Å². The van der Waals surface area contributed by atoms with Crippen LogP contribution in [0.25, 0.3) is 0 Å². The zero-order valence-electron chi connectivity index (χ0n) is 15.3. The number of rotatable bonds is 6. The van der Waals surface area contributed by atoms with Gasteiger partial charge in [0, 0.05) is 30.2 Å². The second kappa shape index (κ2) is 8.62. The third kappa shape index (κ3) is 5.24. The van der Waals surface area contributed by atoms with Gasteiger partial charge in [-0.1, -0.05) is 6.07 Å². The van der Waals surface area contributed by atoms with Crippen LogP contribution in [0.3, 0.4) is 0 Å². The highest BCUT2D eigenvalue weighted by molar-refractivity contribution is 7.98. The van der Waals surface area contributed by atoms with Gasteiger partial charge in [0.1, 0.15) is 0 Å². The molecule has 0 bridgehead atoms. The molecule has 1 heterocycles. The number of sulfonamides is 1. The Morgan fingerprint density at radius 2 is 1.85 bits per heavy atom. The topological polar surface area (TPSA) is 95.6 Å². The summed E-state index contributed by atoms with van der Waals surface area (Å²) < 4.78 is 26.0. The second-order valence-corrected chi connectivity index (χ2v) is 10.1. The SMILES string of the molecule is CSc1cccc(NC(=O)C(=O)NCC2CCN(S(=O)(=O)C3CC3)CC2)c1. The summed E-state index contributed by atoms with van der Waals surface area (Å²) in [4.78, 5) is 25.1. The smallest absolute Gasteiger partial charge is 0.313 e. The molecule has 0 unspecified atom stereocenters. The quantitative estimate of drug-likeness (QED) is 0.548. The van der Waals surface area contributed by atoms with E-state index in [0.29, 0.717) is 38.2 Å². The van der Waals surface area contributed by atoms with Gasteiger partial charge in [0.2, 0.25) is 10.0 Å². The number of benzene rings is 1. The number of nitrogens with one attached hydrogen (secondary N) is 2. The van der Waals surface area contributed by atoms with E-state index in [2.05, 4.69) is 10.6 Å². The maximum Gasteiger partial charge on any atom is 0.313 e. The highest BCUT2D eigenvalue weighted by atomic mass is 32.2. The number of nitrogens with zero attached hydrogens (tertiary/aromatic N) is 1. The van der Waals surface area contributed by atoms with Crippen LogP contribution in [0.4, 0.5) is 5.69 Å². The Bertz CT molecular complexity index is 801. The van der Waals surface area contributed by atoms with Crippen molar-refractivity contribution in [2.24, 2.45) is 5.92 Å². The standard InChI is InChI=1S/C18H25N3O4S2/c1-26-15-4-2-3-14(11-15)20-18(23)17(22)19-12-13-7-9-21(10-8-13)27(24,25)16-5-6-16/h2-4,11,13,16H,5-10,12H2,1H3,(H,19,22)(H,20,23). The fraction of sp³-hybridized carbons (Fsp3) is 0.556. The summed E-state index contributed by atoms with van der Waals surface area (Å²) in [6, 6.07) is 7.30. The molecule has 9 heteroatoms. The molecule has 2 N–H and O–H groups in total. The number of hydrogen-bond acceptors (Lipinski definition) is 5. The maximum absolute atomic E-state index is 12.2. The first-order valence-electron chi connectivity index (χ1n) is 9.12. The van der Waals surface area contributed by atoms with Crippen LogP contribution in [0, 0.1) is 5.92 Å². The fourth-order valence-electron chi connectivity index (χ4n) is 3.15. The van der Waals surface area contributed by atoms with Gasteiger partial charge in [-0.25, -0.2) is 12.7 Å². The minimum Gasteiger partial charge on any atom is -0.348 e. The maximum atomic E-state index is 12.2. The summed E-state index contributed by atoms with van der Waals surface area (Å²) in [6.07, 6.45) is 4.88. The summed E-state index contributed by atoms with van der Waals surface area (Å²) in [5.74, 6) is -1.17. The predicted molar refractivity (Wildman–Crippen MR) is 106 cm³/mol. The Hall–Kier alpha value is -1.58. The lowest BCUT2D eigenvalue weighted by Gasteiger charge is -2.31. The fourth-order valence-corrected chi connectivity index (χ4v) is 5.48. The first kappa shape index (κ1) is 20.2. The average molecular weight is 412 g/mol. The van der Waals surface area contributed by atoms with Gasteiger partial charge in [-0.2, -0.15) is 0 Å². The van der Waals surface area contributed by atoms with Crippen LogP contribution in [0.1, 0.15) is 25.7 Å². The van der Waals surface area contributed by atoms with Gasteiger partial charge in [0.25, 0.3) is 0 Å². The molecule has 2 fully saturated rings. The summed E-state index contributed by atoms with van der Waals surface area (Å²) >= 11 is 1.56. The molecule has 1 aliphatic heterocycles. The molecule has 1 aromatic carbocycles. The molecule has 7 nitrogen and oxygen atoms in total. The molecule has 0 radical (unpaired) electrons. The molecule has 0 atom stereocenters. The van der Waals surface area contributed by atoms with Crippen LogP contribution < -0.4 is 10.6 Å². The molecule has 2 amide bonds. The zero-order valence-corrected chi connectivity index (χ0v) is 16.9. The summed E-state index contributed by atoms with van der Waals surface area (Å²) in [5.41, 5.74) is 0.584. The molecule has 148 valence electrons. The van der Waals surface area contributed by atoms with Crippen molar-refractivity contribution in [3.63, 3.8) is 0 Å². The van der Waals surface area contributed by atoms with E-state index in [1.807, 2.05) is 24.5 Å². The Labute approximate surface area is 164 Å². The zero-order chi connectivity index (χ0) is 19.4. The molecule has 1 aromatic rings. The molecule has 0 aromatic heterocycles. The van der Waals surface area contributed by atoms with E-state index in [1.54, 1.807) is 22.1 Å². The Morgan fingerprint density at radius 3 is 2.48 bits per heavy atom. The van der Waals surface area contributed by atoms with E-state index in [1.165, 1.54) is 0 Å². The van der Waals surface area contributed by atoms with Crippen molar-refractivity contribution in [1.29, 1.82) is 0 Å². The van der Waals surface area contributed by atoms with Gasteiger partial charge >= 0.3 is 11.8 Å². The monoisotopic (exact) mass is 411 g/mol. The van der Waals surface area contributed by atoms with Crippen LogP contribution in [0.2, 0.25) is 0 Å². The van der Waals surface area contributed by atoms with E-state index in [9.17, 15) is 18.0 Å². The van der Waals surface area contributed by atoms with Crippen molar-refractivity contribution in [2.75, 3.05) is 31.2 Å². The number of hydrogen-bond donors (Lipinski definition) is 2. The summed E-state index contributed by atoms with van der Waals surface area (Å²) in [6.45, 7) is 1.37. The molecule has 3 rings (SSSR count). The summed E-state index contributed by atoms with van der Waals surface area (Å²) in [7, 11) is -3.12. The van der Waals surface area contributed by atoms with Gasteiger partial charge in [0.05, 0.1) is 5.25 Å². The lowest BCUT2D eigenvalue weighted by atomic mass is 9.98. The lowest BCUT2D eigenvalue weighted by Crippen LogP contribution is -2.44. The minimum atomic E-state index is -3.12. The first-order valence-corrected chi connectivity index (χ1v) is 11.8. The van der Waals surface area contributed by atoms with E-state index in [0.717, 1.165) is 17.7 Å². The van der Waals surface area contributed by atoms with Gasteiger partial charge in [-0.05, 0) is 56.1 Å². The van der Waals surface area contributed by atoms with Crippen molar-refractivity contribution >= 4 is 39.3 Å². The van der Waals surface area contributed by atoms with Crippen LogP contribution in [-0.4, -0.2) is 55.7 Å². The molecular formula is C18H25N3O4S2. The van der Waals surface area contributed by atoms with Crippen molar-refractivity contribution in [3.8, 4) is 0 Å². The minimum absolute atomic E-state index is 0.179. The number of amides is 2. The van der Waals surface area contributed by atoms with Gasteiger partial charge in [0.15, 0.2) is 0 Å². The summed E-state index contributed by atoms with van der Waals surface area (Å²) in [5, 5.41) is 5.09. The number of carbonyl (C=O) groups excluding carboxylic acids is 2. The Morgan fingerprint density at radius 1 is 1.15 bits per heavy atom. The number of thioether (sulfide) groups is 1. The molecular weight excluding hydrogens is 386 g/mol. The molecule has 2 aliphatic rings. The molecule has 27 heavy (non-hydrogen) atoms. The van der Waals surface area contributed by atoms with Gasteiger partial charge < -0.3 is 10.6 Å². The van der Waals surface area contributed by atoms with Crippen LogP contribution in [-0.2, 0) is 19.6 Å². The van der Waals surface area contributed by atoms with E-state index < -0.39 is 21.8 Å². The van der Waals surface area contributed by atoms with E-state index in [4.69, 9.17) is 0 Å². The van der Waals surface area contributed by atoms with Crippen molar-refractivity contribution < 1.29 is 18.0 Å². The average Bonchev–Trinajstić information content (AvgIpc) is 3.52. The van der Waals surface area contributed by atoms with Crippen LogP contribution >= 0.6 is 11.8 Å². The number of carbonyl (C=O) groups is 2. The Kier molecular flexibility index (Phi) is 6.44. The van der Waals surface area contributed by atoms with Crippen LogP contribution in [0.5, 0.6) is 0 Å². The van der Waals surface area contributed by atoms with Crippen molar-refractivity contribution in [2.45, 2.75) is 35.8 Å². The van der Waals surface area contributed by atoms with Crippen LogP contribution in [0.15, 0.2) is 29.2 Å². The lowest BCUT2D eigenvalue weighted by molar-refractivity contribution is -0.136. The number of anilines is 1. The van der Waals surface area contributed by atoms with Crippen molar-refractivity contribution in [3.05, 3.63) is 24.3 Å². The third-order valence-corrected chi connectivity index (χ3v) is 8.09. The Balaban J connectivity index is 1.42. The predicted octanol–water partition coefficient (Wildman–Crippen LogP) is 1.67.